The summed E-state index contributed by atoms with van der Waals surface area (Å²) in [6.45, 7) is 3.86. The van der Waals surface area contributed by atoms with Crippen molar-refractivity contribution in [2.24, 2.45) is 0 Å². The number of nitrogens with one attached hydrogen (secondary N) is 1. The Balaban J connectivity index is 1.94. The van der Waals surface area contributed by atoms with E-state index in [4.69, 9.17) is 9.47 Å². The fourth-order valence-corrected chi connectivity index (χ4v) is 5.09. The Hall–Kier alpha value is -4.61. The SMILES string of the molecule is COc1ccc(/C=c2/s/c(=C(\C#N)C(=O)Nc3cc(C)cc(C)c3)n(-c3ccccc3)c2=O)cc1OC. The van der Waals surface area contributed by atoms with Gasteiger partial charge in [0.25, 0.3) is 11.5 Å². The lowest BCUT2D eigenvalue weighted by Gasteiger charge is -2.07. The molecule has 7 nitrogen and oxygen atoms in total. The van der Waals surface area contributed by atoms with Gasteiger partial charge in [0.1, 0.15) is 10.7 Å². The number of ether oxygens (including phenoxy) is 2. The molecule has 4 aromatic rings. The van der Waals surface area contributed by atoms with Crippen LogP contribution in [0, 0.1) is 25.2 Å². The van der Waals surface area contributed by atoms with Crippen molar-refractivity contribution >= 4 is 34.6 Å². The molecule has 8 heteroatoms. The molecule has 1 aromatic heterocycles. The van der Waals surface area contributed by atoms with Crippen LogP contribution in [0.2, 0.25) is 0 Å². The summed E-state index contributed by atoms with van der Waals surface area (Å²) in [5.74, 6) is 0.501. The van der Waals surface area contributed by atoms with E-state index in [1.165, 1.54) is 11.7 Å². The Kier molecular flexibility index (Phi) is 7.56. The van der Waals surface area contributed by atoms with Gasteiger partial charge in [-0.2, -0.15) is 5.26 Å². The zero-order chi connectivity index (χ0) is 26.5. The summed E-state index contributed by atoms with van der Waals surface area (Å²) in [5.41, 5.74) is 3.32. The third kappa shape index (κ3) is 5.47. The largest absolute Gasteiger partial charge is 0.493 e. The standard InChI is InChI=1S/C29H25N3O4S/c1-18-12-19(2)14-21(13-18)31-27(33)23(17-30)29-32(22-8-6-5-7-9-22)28(34)26(37-29)16-20-10-11-24(35-3)25(15-20)36-4/h5-16H,1-4H3,(H,31,33)/b26-16+,29-23+. The van der Waals surface area contributed by atoms with Crippen LogP contribution in [0.5, 0.6) is 11.5 Å². The van der Waals surface area contributed by atoms with Crippen LogP contribution in [0.1, 0.15) is 16.7 Å². The van der Waals surface area contributed by atoms with E-state index in [-0.39, 0.29) is 15.8 Å². The van der Waals surface area contributed by atoms with Gasteiger partial charge in [-0.05, 0) is 73.0 Å². The first-order valence-electron chi connectivity index (χ1n) is 11.4. The van der Waals surface area contributed by atoms with Gasteiger partial charge in [-0.15, -0.1) is 11.3 Å². The number of methoxy groups -OCH3 is 2. The Labute approximate surface area is 218 Å². The number of carbonyl (C=O) groups excluding carboxylic acids is 1. The molecule has 4 rings (SSSR count). The number of carbonyl (C=O) groups is 1. The van der Waals surface area contributed by atoms with Crippen LogP contribution < -0.4 is 29.5 Å². The maximum atomic E-state index is 13.6. The summed E-state index contributed by atoms with van der Waals surface area (Å²) in [4.78, 5) is 26.9. The van der Waals surface area contributed by atoms with Gasteiger partial charge in [0.05, 0.1) is 24.4 Å². The van der Waals surface area contributed by atoms with Crippen molar-refractivity contribution in [3.05, 3.63) is 103 Å². The number of rotatable bonds is 6. The lowest BCUT2D eigenvalue weighted by molar-refractivity contribution is -0.111. The van der Waals surface area contributed by atoms with E-state index in [2.05, 4.69) is 5.32 Å². The number of anilines is 1. The third-order valence-corrected chi connectivity index (χ3v) is 6.67. The van der Waals surface area contributed by atoms with Crippen molar-refractivity contribution in [1.82, 2.24) is 4.57 Å². The second kappa shape index (κ2) is 11.0. The van der Waals surface area contributed by atoms with Crippen molar-refractivity contribution < 1.29 is 14.3 Å². The molecule has 186 valence electrons. The topological polar surface area (TPSA) is 93.4 Å². The summed E-state index contributed by atoms with van der Waals surface area (Å²) in [7, 11) is 3.09. The van der Waals surface area contributed by atoms with Crippen LogP contribution in [0.3, 0.4) is 0 Å². The number of hydrogen-bond acceptors (Lipinski definition) is 6. The molecular weight excluding hydrogens is 486 g/mol. The van der Waals surface area contributed by atoms with Crippen molar-refractivity contribution in [2.45, 2.75) is 13.8 Å². The molecule has 0 spiro atoms. The van der Waals surface area contributed by atoms with Crippen LogP contribution in [0.4, 0.5) is 5.69 Å². The molecule has 1 amide bonds. The Morgan fingerprint density at radius 2 is 1.65 bits per heavy atom. The van der Waals surface area contributed by atoms with Gasteiger partial charge >= 0.3 is 0 Å². The minimum Gasteiger partial charge on any atom is -0.493 e. The first-order chi connectivity index (χ1) is 17.8. The highest BCUT2D eigenvalue weighted by Gasteiger charge is 2.17. The molecule has 0 fully saturated rings. The first kappa shape index (κ1) is 25.5. The molecule has 1 N–H and O–H groups in total. The number of nitrogens with zero attached hydrogens (tertiary/aromatic N) is 2. The summed E-state index contributed by atoms with van der Waals surface area (Å²) in [6, 6.07) is 21.9. The van der Waals surface area contributed by atoms with Crippen molar-refractivity contribution in [3.63, 3.8) is 0 Å². The number of aryl methyl sites for hydroxylation is 2. The van der Waals surface area contributed by atoms with Crippen LogP contribution in [-0.4, -0.2) is 24.7 Å². The second-order valence-electron chi connectivity index (χ2n) is 8.32. The normalized spacial score (nSPS) is 12.0. The van der Waals surface area contributed by atoms with Crippen LogP contribution >= 0.6 is 11.3 Å². The zero-order valence-electron chi connectivity index (χ0n) is 20.9. The number of thiazole rings is 1. The predicted octanol–water partition coefficient (Wildman–Crippen LogP) is 3.67. The molecular formula is C29H25N3O4S. The number of nitriles is 1. The van der Waals surface area contributed by atoms with E-state index >= 15 is 0 Å². The molecule has 1 heterocycles. The van der Waals surface area contributed by atoms with Gasteiger partial charge in [-0.3, -0.25) is 14.2 Å². The number of aromatic nitrogens is 1. The molecule has 0 aliphatic heterocycles. The maximum absolute atomic E-state index is 13.6. The Bertz CT molecular complexity index is 1680. The summed E-state index contributed by atoms with van der Waals surface area (Å²) >= 11 is 1.08. The van der Waals surface area contributed by atoms with Gasteiger partial charge in [-0.25, -0.2) is 0 Å². The van der Waals surface area contributed by atoms with Crippen LogP contribution in [0.15, 0.2) is 71.5 Å². The van der Waals surface area contributed by atoms with Crippen molar-refractivity contribution in [1.29, 1.82) is 5.26 Å². The fraction of sp³-hybridized carbons (Fsp3) is 0.138. The highest BCUT2D eigenvalue weighted by atomic mass is 32.1. The fourth-order valence-electron chi connectivity index (χ4n) is 3.99. The molecule has 0 saturated heterocycles. The Morgan fingerprint density at radius 1 is 0.973 bits per heavy atom. The highest BCUT2D eigenvalue weighted by Crippen LogP contribution is 2.27. The number of benzene rings is 3. The summed E-state index contributed by atoms with van der Waals surface area (Å²) in [6.07, 6.45) is 1.70. The number of hydrogen-bond donors (Lipinski definition) is 1. The molecule has 0 aliphatic carbocycles. The van der Waals surface area contributed by atoms with E-state index in [1.807, 2.05) is 44.2 Å². The van der Waals surface area contributed by atoms with Gasteiger partial charge in [0, 0.05) is 5.69 Å². The number of para-hydroxylation sites is 1. The van der Waals surface area contributed by atoms with Gasteiger partial charge < -0.3 is 14.8 Å². The quantitative estimate of drug-likeness (QED) is 0.426. The molecule has 0 bridgehead atoms. The molecule has 0 aliphatic rings. The van der Waals surface area contributed by atoms with E-state index in [9.17, 15) is 14.9 Å². The Morgan fingerprint density at radius 3 is 2.27 bits per heavy atom. The average Bonchev–Trinajstić information content (AvgIpc) is 3.19. The van der Waals surface area contributed by atoms with Gasteiger partial charge in [-0.1, -0.05) is 30.3 Å². The molecule has 37 heavy (non-hydrogen) atoms. The van der Waals surface area contributed by atoms with Crippen LogP contribution in [-0.2, 0) is 4.79 Å². The van der Waals surface area contributed by atoms with E-state index in [1.54, 1.807) is 55.7 Å². The predicted molar refractivity (Wildman–Crippen MR) is 146 cm³/mol. The van der Waals surface area contributed by atoms with Crippen molar-refractivity contribution in [2.75, 3.05) is 19.5 Å². The molecule has 0 radical (unpaired) electrons. The zero-order valence-corrected chi connectivity index (χ0v) is 21.7. The monoisotopic (exact) mass is 511 g/mol. The third-order valence-electron chi connectivity index (χ3n) is 5.58. The molecule has 0 unspecified atom stereocenters. The van der Waals surface area contributed by atoms with Gasteiger partial charge in [0.15, 0.2) is 17.1 Å². The minimum atomic E-state index is -0.587. The average molecular weight is 512 g/mol. The smallest absolute Gasteiger partial charge is 0.273 e. The molecule has 0 atom stereocenters. The highest BCUT2D eigenvalue weighted by molar-refractivity contribution is 7.07. The second-order valence-corrected chi connectivity index (χ2v) is 9.35. The lowest BCUT2D eigenvalue weighted by Crippen LogP contribution is -2.32. The van der Waals surface area contributed by atoms with E-state index < -0.39 is 5.91 Å². The summed E-state index contributed by atoms with van der Waals surface area (Å²) in [5, 5.41) is 12.8. The van der Waals surface area contributed by atoms with Crippen LogP contribution in [0.25, 0.3) is 17.3 Å². The van der Waals surface area contributed by atoms with Crippen molar-refractivity contribution in [3.8, 4) is 23.3 Å². The van der Waals surface area contributed by atoms with E-state index in [0.29, 0.717) is 33.0 Å². The minimum absolute atomic E-state index is 0.155. The maximum Gasteiger partial charge on any atom is 0.273 e. The molecule has 0 saturated carbocycles. The van der Waals surface area contributed by atoms with Gasteiger partial charge in [0.2, 0.25) is 0 Å². The van der Waals surface area contributed by atoms with E-state index in [0.717, 1.165) is 22.5 Å². The first-order valence-corrected chi connectivity index (χ1v) is 12.2. The lowest BCUT2D eigenvalue weighted by atomic mass is 10.1. The number of amides is 1. The summed E-state index contributed by atoms with van der Waals surface area (Å²) < 4.78 is 12.7. The molecule has 3 aromatic carbocycles.